The van der Waals surface area contributed by atoms with Gasteiger partial charge >= 0.3 is 0 Å². The van der Waals surface area contributed by atoms with E-state index in [1.54, 1.807) is 10.7 Å². The fourth-order valence-electron chi connectivity index (χ4n) is 1.87. The Bertz CT molecular complexity index is 587. The van der Waals surface area contributed by atoms with E-state index in [1.165, 1.54) is 0 Å². The van der Waals surface area contributed by atoms with Crippen molar-refractivity contribution in [3.05, 3.63) is 21.9 Å². The first-order valence-electron chi connectivity index (χ1n) is 5.68. The second-order valence-electron chi connectivity index (χ2n) is 5.17. The highest BCUT2D eigenvalue weighted by molar-refractivity contribution is 6.37. The molecular formula is C12H15Cl2N3O. The molecule has 6 heteroatoms. The topological polar surface area (TPSA) is 50.9 Å². The highest BCUT2D eigenvalue weighted by Crippen LogP contribution is 2.34. The first kappa shape index (κ1) is 13.6. The number of aliphatic hydroxyl groups excluding tert-OH is 1. The third kappa shape index (κ3) is 2.32. The van der Waals surface area contributed by atoms with E-state index in [0.29, 0.717) is 22.4 Å². The number of aliphatic hydroxyl groups is 1. The minimum Gasteiger partial charge on any atom is -0.394 e. The minimum atomic E-state index is -0.155. The summed E-state index contributed by atoms with van der Waals surface area (Å²) < 4.78 is 1.65. The summed E-state index contributed by atoms with van der Waals surface area (Å²) in [6, 6.07) is 1.62. The zero-order chi connectivity index (χ0) is 13.5. The van der Waals surface area contributed by atoms with Crippen molar-refractivity contribution in [2.24, 2.45) is 0 Å². The molecular weight excluding hydrogens is 273 g/mol. The van der Waals surface area contributed by atoms with E-state index in [9.17, 15) is 0 Å². The van der Waals surface area contributed by atoms with E-state index in [0.717, 1.165) is 11.1 Å². The molecule has 1 N–H and O–H groups in total. The zero-order valence-electron chi connectivity index (χ0n) is 10.5. The van der Waals surface area contributed by atoms with Crippen molar-refractivity contribution in [3.63, 3.8) is 0 Å². The molecule has 0 fully saturated rings. The van der Waals surface area contributed by atoms with E-state index in [4.69, 9.17) is 28.3 Å². The average molecular weight is 288 g/mol. The van der Waals surface area contributed by atoms with Gasteiger partial charge in [0, 0.05) is 5.41 Å². The van der Waals surface area contributed by atoms with Crippen LogP contribution in [0.3, 0.4) is 0 Å². The van der Waals surface area contributed by atoms with Crippen molar-refractivity contribution in [1.82, 2.24) is 14.8 Å². The van der Waals surface area contributed by atoms with E-state index < -0.39 is 0 Å². The van der Waals surface area contributed by atoms with Crippen LogP contribution in [-0.2, 0) is 12.0 Å². The van der Waals surface area contributed by atoms with Crippen LogP contribution in [0.5, 0.6) is 0 Å². The summed E-state index contributed by atoms with van der Waals surface area (Å²) in [6.07, 6.45) is 0. The Labute approximate surface area is 116 Å². The molecule has 2 heterocycles. The number of pyridine rings is 1. The van der Waals surface area contributed by atoms with Crippen LogP contribution in [0.4, 0.5) is 0 Å². The summed E-state index contributed by atoms with van der Waals surface area (Å²) in [5.41, 5.74) is 1.32. The Balaban J connectivity index is 2.81. The first-order valence-corrected chi connectivity index (χ1v) is 6.44. The Kier molecular flexibility index (Phi) is 3.54. The number of rotatable bonds is 2. The molecule has 2 rings (SSSR count). The largest absolute Gasteiger partial charge is 0.394 e. The number of halogens is 2. The molecule has 0 aromatic carbocycles. The SMILES string of the molecule is CC(C)(C)c1nn(CCO)c2nc(Cl)cc(Cl)c12. The number of hydrogen-bond acceptors (Lipinski definition) is 3. The van der Waals surface area contributed by atoms with E-state index >= 15 is 0 Å². The number of hydrogen-bond donors (Lipinski definition) is 1. The number of nitrogens with zero attached hydrogens (tertiary/aromatic N) is 3. The summed E-state index contributed by atoms with van der Waals surface area (Å²) >= 11 is 12.2. The monoisotopic (exact) mass is 287 g/mol. The van der Waals surface area contributed by atoms with Gasteiger partial charge in [0.1, 0.15) is 5.15 Å². The van der Waals surface area contributed by atoms with Crippen molar-refractivity contribution in [3.8, 4) is 0 Å². The first-order chi connectivity index (χ1) is 8.34. The van der Waals surface area contributed by atoms with Crippen LogP contribution in [-0.4, -0.2) is 26.5 Å². The molecule has 4 nitrogen and oxygen atoms in total. The van der Waals surface area contributed by atoms with Gasteiger partial charge in [0.05, 0.1) is 29.3 Å². The zero-order valence-corrected chi connectivity index (χ0v) is 12.0. The summed E-state index contributed by atoms with van der Waals surface area (Å²) in [5, 5.41) is 15.3. The molecule has 0 amide bonds. The predicted octanol–water partition coefficient (Wildman–Crippen LogP) is 3.03. The predicted molar refractivity (Wildman–Crippen MR) is 73.3 cm³/mol. The Morgan fingerprint density at radius 3 is 2.56 bits per heavy atom. The van der Waals surface area contributed by atoms with Gasteiger partial charge in [-0.2, -0.15) is 5.10 Å². The molecule has 0 aliphatic rings. The lowest BCUT2D eigenvalue weighted by Crippen LogP contribution is -2.14. The van der Waals surface area contributed by atoms with Crippen LogP contribution in [0.25, 0.3) is 11.0 Å². The molecule has 0 bridgehead atoms. The lowest BCUT2D eigenvalue weighted by atomic mass is 9.90. The van der Waals surface area contributed by atoms with Crippen LogP contribution in [0.2, 0.25) is 10.2 Å². The molecule has 18 heavy (non-hydrogen) atoms. The lowest BCUT2D eigenvalue weighted by molar-refractivity contribution is 0.270. The highest BCUT2D eigenvalue weighted by Gasteiger charge is 2.25. The smallest absolute Gasteiger partial charge is 0.161 e. The molecule has 0 saturated heterocycles. The van der Waals surface area contributed by atoms with Gasteiger partial charge < -0.3 is 5.11 Å². The van der Waals surface area contributed by atoms with Gasteiger partial charge in [0.25, 0.3) is 0 Å². The normalized spacial score (nSPS) is 12.3. The van der Waals surface area contributed by atoms with Gasteiger partial charge in [-0.25, -0.2) is 9.67 Å². The molecule has 0 aliphatic heterocycles. The maximum atomic E-state index is 9.08. The van der Waals surface area contributed by atoms with Crippen LogP contribution in [0, 0.1) is 0 Å². The van der Waals surface area contributed by atoms with Crippen molar-refractivity contribution in [1.29, 1.82) is 0 Å². The Morgan fingerprint density at radius 2 is 2.00 bits per heavy atom. The van der Waals surface area contributed by atoms with E-state index in [2.05, 4.69) is 30.9 Å². The maximum Gasteiger partial charge on any atom is 0.161 e. The third-order valence-corrected chi connectivity index (χ3v) is 3.14. The molecule has 0 radical (unpaired) electrons. The van der Waals surface area contributed by atoms with Crippen molar-refractivity contribution in [2.75, 3.05) is 6.61 Å². The summed E-state index contributed by atoms with van der Waals surface area (Å²) in [5.74, 6) is 0. The quantitative estimate of drug-likeness (QED) is 0.864. The van der Waals surface area contributed by atoms with E-state index in [-0.39, 0.29) is 12.0 Å². The van der Waals surface area contributed by atoms with Crippen molar-refractivity contribution >= 4 is 34.2 Å². The Morgan fingerprint density at radius 1 is 1.33 bits per heavy atom. The minimum absolute atomic E-state index is 0.00776. The number of fused-ring (bicyclic) bond motifs is 1. The van der Waals surface area contributed by atoms with Gasteiger partial charge in [-0.3, -0.25) is 0 Å². The lowest BCUT2D eigenvalue weighted by Gasteiger charge is -2.15. The summed E-state index contributed by atoms with van der Waals surface area (Å²) in [4.78, 5) is 4.26. The van der Waals surface area contributed by atoms with E-state index in [1.807, 2.05) is 0 Å². The maximum absolute atomic E-state index is 9.08. The second-order valence-corrected chi connectivity index (χ2v) is 5.97. The second kappa shape index (κ2) is 4.68. The van der Waals surface area contributed by atoms with Gasteiger partial charge in [-0.15, -0.1) is 0 Å². The molecule has 0 atom stereocenters. The Hall–Kier alpha value is -0.840. The van der Waals surface area contributed by atoms with Gasteiger partial charge in [-0.05, 0) is 6.07 Å². The van der Waals surface area contributed by atoms with Crippen LogP contribution in [0.1, 0.15) is 26.5 Å². The molecule has 98 valence electrons. The van der Waals surface area contributed by atoms with Crippen molar-refractivity contribution in [2.45, 2.75) is 32.7 Å². The summed E-state index contributed by atoms with van der Waals surface area (Å²) in [7, 11) is 0. The van der Waals surface area contributed by atoms with Gasteiger partial charge in [0.15, 0.2) is 5.65 Å². The highest BCUT2D eigenvalue weighted by atomic mass is 35.5. The fraction of sp³-hybridized carbons (Fsp3) is 0.500. The molecule has 0 aliphatic carbocycles. The van der Waals surface area contributed by atoms with Crippen LogP contribution in [0.15, 0.2) is 6.07 Å². The van der Waals surface area contributed by atoms with Gasteiger partial charge in [0.2, 0.25) is 0 Å². The molecule has 2 aromatic rings. The van der Waals surface area contributed by atoms with Crippen molar-refractivity contribution < 1.29 is 5.11 Å². The average Bonchev–Trinajstić information content (AvgIpc) is 2.57. The molecule has 0 saturated carbocycles. The van der Waals surface area contributed by atoms with Crippen LogP contribution >= 0.6 is 23.2 Å². The fourth-order valence-corrected chi connectivity index (χ4v) is 2.39. The number of aromatic nitrogens is 3. The standard InChI is InChI=1S/C12H15Cl2N3O/c1-12(2,3)10-9-7(13)6-8(14)15-11(9)17(16-10)4-5-18/h6,18H,4-5H2,1-3H3. The third-order valence-electron chi connectivity index (χ3n) is 2.65. The van der Waals surface area contributed by atoms with Gasteiger partial charge in [-0.1, -0.05) is 44.0 Å². The molecule has 0 unspecified atom stereocenters. The van der Waals surface area contributed by atoms with Crippen LogP contribution < -0.4 is 0 Å². The molecule has 0 spiro atoms. The molecule has 2 aromatic heterocycles. The summed E-state index contributed by atoms with van der Waals surface area (Å²) in [6.45, 7) is 6.54.